The highest BCUT2D eigenvalue weighted by atomic mass is 35.5. The van der Waals surface area contributed by atoms with Gasteiger partial charge in [-0.2, -0.15) is 4.31 Å². The molecule has 1 unspecified atom stereocenters. The standard InChI is InChI=1S/C17H16ClNO5S/c1-19(25(2,22)23)16(15(20)12-7-4-3-5-8-12)24-17(21)13-9-6-10-14(18)11-13/h3-11,16H,1-2H3. The van der Waals surface area contributed by atoms with Gasteiger partial charge >= 0.3 is 5.97 Å². The maximum absolute atomic E-state index is 12.7. The Labute approximate surface area is 151 Å². The van der Waals surface area contributed by atoms with E-state index in [0.29, 0.717) is 9.33 Å². The summed E-state index contributed by atoms with van der Waals surface area (Å²) in [5, 5.41) is 0.317. The Morgan fingerprint density at radius 2 is 1.64 bits per heavy atom. The van der Waals surface area contributed by atoms with Crippen molar-refractivity contribution in [3.63, 3.8) is 0 Å². The van der Waals surface area contributed by atoms with Crippen molar-refractivity contribution in [2.24, 2.45) is 0 Å². The van der Waals surface area contributed by atoms with Gasteiger partial charge in [0.25, 0.3) is 0 Å². The number of halogens is 1. The lowest BCUT2D eigenvalue weighted by molar-refractivity contribution is 0.00633. The molecule has 0 aliphatic heterocycles. The van der Waals surface area contributed by atoms with Crippen LogP contribution in [0.2, 0.25) is 5.02 Å². The second-order valence-electron chi connectivity index (χ2n) is 5.28. The Morgan fingerprint density at radius 3 is 2.20 bits per heavy atom. The van der Waals surface area contributed by atoms with E-state index in [9.17, 15) is 18.0 Å². The van der Waals surface area contributed by atoms with E-state index in [-0.39, 0.29) is 11.1 Å². The van der Waals surface area contributed by atoms with E-state index < -0.39 is 28.0 Å². The van der Waals surface area contributed by atoms with E-state index in [1.54, 1.807) is 30.3 Å². The van der Waals surface area contributed by atoms with Crippen LogP contribution in [0.4, 0.5) is 0 Å². The van der Waals surface area contributed by atoms with Crippen molar-refractivity contribution in [2.75, 3.05) is 13.3 Å². The first-order valence-electron chi connectivity index (χ1n) is 7.19. The van der Waals surface area contributed by atoms with E-state index in [1.165, 1.54) is 31.3 Å². The predicted octanol–water partition coefficient (Wildman–Crippen LogP) is 2.60. The van der Waals surface area contributed by atoms with Crippen molar-refractivity contribution < 1.29 is 22.7 Å². The lowest BCUT2D eigenvalue weighted by Crippen LogP contribution is -2.45. The number of hydrogen-bond donors (Lipinski definition) is 0. The minimum atomic E-state index is -3.78. The Kier molecular flexibility index (Phi) is 5.94. The number of ketones is 1. The molecule has 0 bridgehead atoms. The highest BCUT2D eigenvalue weighted by molar-refractivity contribution is 7.88. The van der Waals surface area contributed by atoms with Crippen molar-refractivity contribution in [3.8, 4) is 0 Å². The zero-order valence-corrected chi connectivity index (χ0v) is 15.1. The number of carbonyl (C=O) groups excluding carboxylic acids is 2. The van der Waals surface area contributed by atoms with Gasteiger partial charge in [-0.3, -0.25) is 4.79 Å². The molecule has 0 radical (unpaired) electrons. The molecule has 0 saturated heterocycles. The molecule has 0 N–H and O–H groups in total. The van der Waals surface area contributed by atoms with E-state index in [1.807, 2.05) is 0 Å². The molecule has 2 aromatic carbocycles. The summed E-state index contributed by atoms with van der Waals surface area (Å²) in [5.41, 5.74) is 0.335. The zero-order valence-electron chi connectivity index (χ0n) is 13.5. The number of nitrogens with zero attached hydrogens (tertiary/aromatic N) is 1. The molecule has 1 atom stereocenters. The van der Waals surface area contributed by atoms with Gasteiger partial charge in [0, 0.05) is 17.6 Å². The first-order valence-corrected chi connectivity index (χ1v) is 9.41. The molecule has 0 saturated carbocycles. The Morgan fingerprint density at radius 1 is 1.04 bits per heavy atom. The van der Waals surface area contributed by atoms with Gasteiger partial charge in [-0.1, -0.05) is 48.0 Å². The van der Waals surface area contributed by atoms with Crippen LogP contribution >= 0.6 is 11.6 Å². The summed E-state index contributed by atoms with van der Waals surface area (Å²) in [6.45, 7) is 0. The fourth-order valence-corrected chi connectivity index (χ4v) is 2.67. The Hall–Kier alpha value is -2.22. The first kappa shape index (κ1) is 19.1. The van der Waals surface area contributed by atoms with Gasteiger partial charge in [0.1, 0.15) is 0 Å². The SMILES string of the molecule is CN(C(OC(=O)c1cccc(Cl)c1)C(=O)c1ccccc1)S(C)(=O)=O. The molecule has 8 heteroatoms. The molecule has 0 aromatic heterocycles. The fraction of sp³-hybridized carbons (Fsp3) is 0.176. The van der Waals surface area contributed by atoms with Gasteiger partial charge in [0.05, 0.1) is 11.8 Å². The van der Waals surface area contributed by atoms with Crippen LogP contribution in [0.25, 0.3) is 0 Å². The van der Waals surface area contributed by atoms with Gasteiger partial charge in [-0.05, 0) is 18.2 Å². The van der Waals surface area contributed by atoms with Crippen molar-refractivity contribution in [1.29, 1.82) is 0 Å². The average molecular weight is 382 g/mol. The van der Waals surface area contributed by atoms with E-state index in [0.717, 1.165) is 6.26 Å². The van der Waals surface area contributed by atoms with E-state index >= 15 is 0 Å². The van der Waals surface area contributed by atoms with Crippen molar-refractivity contribution in [2.45, 2.75) is 6.23 Å². The Bertz CT molecular complexity index is 883. The minimum Gasteiger partial charge on any atom is -0.434 e. The third kappa shape index (κ3) is 4.88. The third-order valence-electron chi connectivity index (χ3n) is 3.41. The summed E-state index contributed by atoms with van der Waals surface area (Å²) < 4.78 is 29.6. The van der Waals surface area contributed by atoms with Crippen LogP contribution in [0.15, 0.2) is 54.6 Å². The summed E-state index contributed by atoms with van der Waals surface area (Å²) >= 11 is 5.84. The van der Waals surface area contributed by atoms with Crippen LogP contribution < -0.4 is 0 Å². The van der Waals surface area contributed by atoms with Gasteiger partial charge in [-0.15, -0.1) is 0 Å². The molecule has 132 valence electrons. The molecule has 0 aliphatic carbocycles. The number of likely N-dealkylation sites (N-methyl/N-ethyl adjacent to an activating group) is 1. The highest BCUT2D eigenvalue weighted by Gasteiger charge is 2.33. The van der Waals surface area contributed by atoms with Gasteiger partial charge in [0.15, 0.2) is 0 Å². The quantitative estimate of drug-likeness (QED) is 0.436. The number of esters is 1. The van der Waals surface area contributed by atoms with E-state index in [2.05, 4.69) is 0 Å². The topological polar surface area (TPSA) is 80.8 Å². The molecule has 0 fully saturated rings. The average Bonchev–Trinajstić information content (AvgIpc) is 2.58. The molecule has 2 rings (SSSR count). The summed E-state index contributed by atoms with van der Waals surface area (Å²) in [7, 11) is -2.61. The smallest absolute Gasteiger partial charge is 0.340 e. The van der Waals surface area contributed by atoms with Gasteiger partial charge in [0.2, 0.25) is 22.0 Å². The largest absolute Gasteiger partial charge is 0.434 e. The maximum atomic E-state index is 12.7. The summed E-state index contributed by atoms with van der Waals surface area (Å²) in [5.74, 6) is -1.50. The molecule has 0 spiro atoms. The fourth-order valence-electron chi connectivity index (χ4n) is 2.00. The highest BCUT2D eigenvalue weighted by Crippen LogP contribution is 2.17. The summed E-state index contributed by atoms with van der Waals surface area (Å²) in [4.78, 5) is 25.0. The molecule has 2 aromatic rings. The van der Waals surface area contributed by atoms with Crippen molar-refractivity contribution in [1.82, 2.24) is 4.31 Å². The molecule has 25 heavy (non-hydrogen) atoms. The van der Waals surface area contributed by atoms with Gasteiger partial charge < -0.3 is 4.74 Å². The molecular weight excluding hydrogens is 366 g/mol. The van der Waals surface area contributed by atoms with E-state index in [4.69, 9.17) is 16.3 Å². The second kappa shape index (κ2) is 7.77. The summed E-state index contributed by atoms with van der Waals surface area (Å²) in [6, 6.07) is 13.9. The normalized spacial score (nSPS) is 12.6. The van der Waals surface area contributed by atoms with Crippen LogP contribution in [0.1, 0.15) is 20.7 Å². The Balaban J connectivity index is 2.35. The first-order chi connectivity index (χ1) is 11.7. The number of ether oxygens (including phenoxy) is 1. The number of benzene rings is 2. The van der Waals surface area contributed by atoms with Crippen LogP contribution in [0.3, 0.4) is 0 Å². The lowest BCUT2D eigenvalue weighted by Gasteiger charge is -2.24. The molecule has 0 aliphatic rings. The maximum Gasteiger partial charge on any atom is 0.340 e. The number of Topliss-reactive ketones (excluding diaryl/α,β-unsaturated/α-hetero) is 1. The molecular formula is C17H16ClNO5S. The lowest BCUT2D eigenvalue weighted by atomic mass is 10.1. The number of sulfonamides is 1. The second-order valence-corrected chi connectivity index (χ2v) is 7.76. The zero-order chi connectivity index (χ0) is 18.6. The summed E-state index contributed by atoms with van der Waals surface area (Å²) in [6.07, 6.45) is -0.699. The van der Waals surface area contributed by atoms with Crippen LogP contribution in [-0.4, -0.2) is 44.0 Å². The third-order valence-corrected chi connectivity index (χ3v) is 4.89. The predicted molar refractivity (Wildman–Crippen MR) is 94.0 cm³/mol. The van der Waals surface area contributed by atoms with Crippen LogP contribution in [0.5, 0.6) is 0 Å². The minimum absolute atomic E-state index is 0.111. The molecule has 6 nitrogen and oxygen atoms in total. The molecule has 0 amide bonds. The molecule has 0 heterocycles. The van der Waals surface area contributed by atoms with Crippen molar-refractivity contribution >= 4 is 33.4 Å². The monoisotopic (exact) mass is 381 g/mol. The van der Waals surface area contributed by atoms with Gasteiger partial charge in [-0.25, -0.2) is 13.2 Å². The number of rotatable bonds is 6. The van der Waals surface area contributed by atoms with Crippen LogP contribution in [-0.2, 0) is 14.8 Å². The van der Waals surface area contributed by atoms with Crippen LogP contribution in [0, 0.1) is 0 Å². The van der Waals surface area contributed by atoms with Crippen molar-refractivity contribution in [3.05, 3.63) is 70.7 Å². The number of hydrogen-bond acceptors (Lipinski definition) is 5. The number of carbonyl (C=O) groups is 2.